The summed E-state index contributed by atoms with van der Waals surface area (Å²) in [6.45, 7) is 1.34. The van der Waals surface area contributed by atoms with Crippen LogP contribution in [0.2, 0.25) is 0 Å². The van der Waals surface area contributed by atoms with Crippen molar-refractivity contribution >= 4 is 22.6 Å². The molecular weight excluding hydrogens is 404 g/mol. The first kappa shape index (κ1) is 20.5. The number of ether oxygens (including phenoxy) is 1. The molecule has 0 bridgehead atoms. The zero-order valence-electron chi connectivity index (χ0n) is 17.8. The van der Waals surface area contributed by atoms with Crippen LogP contribution in [0, 0.1) is 0 Å². The number of aromatic carboxylic acids is 1. The zero-order valence-corrected chi connectivity index (χ0v) is 17.8. The zero-order chi connectivity index (χ0) is 22.1. The van der Waals surface area contributed by atoms with E-state index in [-0.39, 0.29) is 29.7 Å². The van der Waals surface area contributed by atoms with Crippen molar-refractivity contribution in [3.8, 4) is 5.75 Å². The van der Waals surface area contributed by atoms with E-state index in [2.05, 4.69) is 47.8 Å². The van der Waals surface area contributed by atoms with Crippen LogP contribution < -0.4 is 10.1 Å². The molecule has 1 saturated heterocycles. The normalized spacial score (nSPS) is 19.1. The largest absolute Gasteiger partial charge is 0.484 e. The van der Waals surface area contributed by atoms with Crippen molar-refractivity contribution in [2.75, 3.05) is 19.7 Å². The Bertz CT molecular complexity index is 1150. The summed E-state index contributed by atoms with van der Waals surface area (Å²) in [6, 6.07) is 21.4. The van der Waals surface area contributed by atoms with Gasteiger partial charge in [-0.25, -0.2) is 4.79 Å². The lowest BCUT2D eigenvalue weighted by molar-refractivity contribution is -0.132. The van der Waals surface area contributed by atoms with Gasteiger partial charge in [0.15, 0.2) is 6.61 Å². The Hall–Kier alpha value is -3.38. The lowest BCUT2D eigenvalue weighted by Gasteiger charge is -2.25. The number of nitrogens with zero attached hydrogens (tertiary/aromatic N) is 1. The minimum absolute atomic E-state index is 0.00692. The van der Waals surface area contributed by atoms with Crippen molar-refractivity contribution in [3.05, 3.63) is 77.9 Å². The first-order chi connectivity index (χ1) is 15.5. The van der Waals surface area contributed by atoms with Crippen LogP contribution in [0.4, 0.5) is 0 Å². The van der Waals surface area contributed by atoms with Crippen molar-refractivity contribution in [3.63, 3.8) is 0 Å². The second-order valence-electron chi connectivity index (χ2n) is 8.70. The molecule has 1 saturated carbocycles. The summed E-state index contributed by atoms with van der Waals surface area (Å²) in [6.07, 6.45) is 3.15. The van der Waals surface area contributed by atoms with Crippen LogP contribution in [-0.2, 0) is 10.3 Å². The summed E-state index contributed by atoms with van der Waals surface area (Å²) < 4.78 is 5.58. The fourth-order valence-corrected chi connectivity index (χ4v) is 4.68. The lowest BCUT2D eigenvalue weighted by atomic mass is 9.96. The van der Waals surface area contributed by atoms with Crippen LogP contribution in [0.15, 0.2) is 66.7 Å². The molecule has 1 aliphatic carbocycles. The number of benzene rings is 3. The highest BCUT2D eigenvalue weighted by atomic mass is 16.5. The molecule has 6 heteroatoms. The number of hydrogen-bond acceptors (Lipinski definition) is 4. The van der Waals surface area contributed by atoms with Crippen molar-refractivity contribution in [1.82, 2.24) is 10.2 Å². The molecule has 0 unspecified atom stereocenters. The van der Waals surface area contributed by atoms with Crippen LogP contribution in [0.25, 0.3) is 10.8 Å². The molecule has 0 spiro atoms. The van der Waals surface area contributed by atoms with Crippen LogP contribution in [-0.4, -0.2) is 47.6 Å². The van der Waals surface area contributed by atoms with E-state index >= 15 is 0 Å². The summed E-state index contributed by atoms with van der Waals surface area (Å²) in [5.74, 6) is -0.545. The van der Waals surface area contributed by atoms with E-state index in [1.165, 1.54) is 28.5 Å². The Morgan fingerprint density at radius 3 is 2.53 bits per heavy atom. The van der Waals surface area contributed by atoms with Crippen molar-refractivity contribution in [1.29, 1.82) is 0 Å². The minimum Gasteiger partial charge on any atom is -0.484 e. The van der Waals surface area contributed by atoms with Gasteiger partial charge in [-0.1, -0.05) is 42.5 Å². The van der Waals surface area contributed by atoms with Gasteiger partial charge in [-0.3, -0.25) is 4.79 Å². The first-order valence-electron chi connectivity index (χ1n) is 11.0. The molecule has 32 heavy (non-hydrogen) atoms. The number of hydrogen-bond donors (Lipinski definition) is 2. The van der Waals surface area contributed by atoms with Crippen LogP contribution in [0.3, 0.4) is 0 Å². The predicted octanol–water partition coefficient (Wildman–Crippen LogP) is 3.80. The number of amides is 1. The second-order valence-corrected chi connectivity index (χ2v) is 8.70. The van der Waals surface area contributed by atoms with E-state index in [0.717, 1.165) is 19.3 Å². The molecule has 1 heterocycles. The van der Waals surface area contributed by atoms with Gasteiger partial charge >= 0.3 is 5.97 Å². The van der Waals surface area contributed by atoms with Gasteiger partial charge in [0, 0.05) is 24.7 Å². The van der Waals surface area contributed by atoms with Gasteiger partial charge in [-0.2, -0.15) is 0 Å². The van der Waals surface area contributed by atoms with E-state index < -0.39 is 5.97 Å². The maximum atomic E-state index is 12.6. The van der Waals surface area contributed by atoms with Crippen molar-refractivity contribution in [2.45, 2.75) is 30.8 Å². The van der Waals surface area contributed by atoms with Crippen molar-refractivity contribution in [2.24, 2.45) is 0 Å². The number of carbonyl (C=O) groups excluding carboxylic acids is 1. The molecular formula is C26H26N2O4. The summed E-state index contributed by atoms with van der Waals surface area (Å²) in [4.78, 5) is 25.4. The van der Waals surface area contributed by atoms with Crippen LogP contribution in [0.5, 0.6) is 5.75 Å². The Kier molecular flexibility index (Phi) is 5.31. The third-order valence-corrected chi connectivity index (χ3v) is 6.54. The second kappa shape index (κ2) is 8.28. The van der Waals surface area contributed by atoms with Gasteiger partial charge in [-0.05, 0) is 59.9 Å². The SMILES string of the molecule is O=C(O)c1ccc(OCC(=O)N2CC[C@H](NC3(c4cccc5ccccc45)CC3)C2)cc1. The summed E-state index contributed by atoms with van der Waals surface area (Å²) >= 11 is 0. The molecule has 2 aliphatic rings. The molecule has 1 atom stereocenters. The number of carbonyl (C=O) groups is 2. The molecule has 2 N–H and O–H groups in total. The Labute approximate surface area is 186 Å². The van der Waals surface area contributed by atoms with Gasteiger partial charge in [0.1, 0.15) is 5.75 Å². The van der Waals surface area contributed by atoms with E-state index in [9.17, 15) is 9.59 Å². The molecule has 0 aromatic heterocycles. The van der Waals surface area contributed by atoms with Crippen molar-refractivity contribution < 1.29 is 19.4 Å². The molecule has 2 fully saturated rings. The molecule has 6 nitrogen and oxygen atoms in total. The molecule has 0 radical (unpaired) electrons. The molecule has 1 amide bonds. The Morgan fingerprint density at radius 1 is 1.03 bits per heavy atom. The maximum absolute atomic E-state index is 12.6. The number of fused-ring (bicyclic) bond motifs is 1. The average molecular weight is 431 g/mol. The third kappa shape index (κ3) is 4.06. The van der Waals surface area contributed by atoms with E-state index in [4.69, 9.17) is 9.84 Å². The molecule has 3 aromatic carbocycles. The average Bonchev–Trinajstić information content (AvgIpc) is 3.44. The van der Waals surface area contributed by atoms with Gasteiger partial charge < -0.3 is 20.1 Å². The summed E-state index contributed by atoms with van der Waals surface area (Å²) in [5, 5.41) is 15.4. The summed E-state index contributed by atoms with van der Waals surface area (Å²) in [5.41, 5.74) is 1.55. The van der Waals surface area contributed by atoms with Gasteiger partial charge in [0.25, 0.3) is 5.91 Å². The molecule has 1 aliphatic heterocycles. The summed E-state index contributed by atoms with van der Waals surface area (Å²) in [7, 11) is 0. The van der Waals surface area contributed by atoms with E-state index in [0.29, 0.717) is 18.8 Å². The fraction of sp³-hybridized carbons (Fsp3) is 0.308. The molecule has 3 aromatic rings. The molecule has 5 rings (SSSR count). The van der Waals surface area contributed by atoms with E-state index in [1.54, 1.807) is 12.1 Å². The van der Waals surface area contributed by atoms with E-state index in [1.807, 2.05) is 4.90 Å². The number of rotatable bonds is 7. The highest BCUT2D eigenvalue weighted by molar-refractivity contribution is 5.88. The lowest BCUT2D eigenvalue weighted by Crippen LogP contribution is -2.42. The smallest absolute Gasteiger partial charge is 0.335 e. The Balaban J connectivity index is 1.18. The number of carboxylic acid groups (broad SMARTS) is 1. The minimum atomic E-state index is -0.986. The van der Waals surface area contributed by atoms with Crippen LogP contribution in [0.1, 0.15) is 35.2 Å². The highest BCUT2D eigenvalue weighted by Crippen LogP contribution is 2.48. The Morgan fingerprint density at radius 2 is 1.78 bits per heavy atom. The van der Waals surface area contributed by atoms with Gasteiger partial charge in [0.2, 0.25) is 0 Å². The topological polar surface area (TPSA) is 78.9 Å². The maximum Gasteiger partial charge on any atom is 0.335 e. The number of carboxylic acids is 1. The van der Waals surface area contributed by atoms with Gasteiger partial charge in [0.05, 0.1) is 5.56 Å². The standard InChI is InChI=1S/C26H26N2O4/c29-24(17-32-21-10-8-19(9-11-21)25(30)31)28-15-12-20(16-28)27-26(13-14-26)23-7-3-5-18-4-1-2-6-22(18)23/h1-11,20,27H,12-17H2,(H,30,31)/t20-/m0/s1. The first-order valence-corrected chi connectivity index (χ1v) is 11.0. The number of nitrogens with one attached hydrogen (secondary N) is 1. The fourth-order valence-electron chi connectivity index (χ4n) is 4.68. The monoisotopic (exact) mass is 430 g/mol. The molecule has 164 valence electrons. The highest BCUT2D eigenvalue weighted by Gasteiger charge is 2.47. The predicted molar refractivity (Wildman–Crippen MR) is 122 cm³/mol. The van der Waals surface area contributed by atoms with Gasteiger partial charge in [-0.15, -0.1) is 0 Å². The van der Waals surface area contributed by atoms with Crippen LogP contribution >= 0.6 is 0 Å². The third-order valence-electron chi connectivity index (χ3n) is 6.54. The number of likely N-dealkylation sites (tertiary alicyclic amines) is 1. The quantitative estimate of drug-likeness (QED) is 0.596.